The molecule has 0 amide bonds. The standard InChI is InChI=1S/C21H17ClO4/c22-18-11-5-7-13-20(18)24-14-15-25-21(23)17-10-4-6-12-19(17)26-16-8-2-1-3-9-16/h1-13H,14-15H2. The summed E-state index contributed by atoms with van der Waals surface area (Å²) in [4.78, 5) is 12.4. The number of ether oxygens (including phenoxy) is 3. The Labute approximate surface area is 156 Å². The number of esters is 1. The summed E-state index contributed by atoms with van der Waals surface area (Å²) >= 11 is 6.01. The molecule has 3 aromatic carbocycles. The van der Waals surface area contributed by atoms with Crippen LogP contribution < -0.4 is 9.47 Å². The highest BCUT2D eigenvalue weighted by molar-refractivity contribution is 6.32. The monoisotopic (exact) mass is 368 g/mol. The predicted molar refractivity (Wildman–Crippen MR) is 100 cm³/mol. The molecule has 0 aromatic heterocycles. The summed E-state index contributed by atoms with van der Waals surface area (Å²) in [6.07, 6.45) is 0. The first-order chi connectivity index (χ1) is 12.7. The van der Waals surface area contributed by atoms with Crippen molar-refractivity contribution in [2.75, 3.05) is 13.2 Å². The molecule has 0 aliphatic carbocycles. The maximum atomic E-state index is 12.4. The largest absolute Gasteiger partial charge is 0.488 e. The highest BCUT2D eigenvalue weighted by Crippen LogP contribution is 2.26. The first kappa shape index (κ1) is 17.8. The SMILES string of the molecule is O=C(OCCOc1ccccc1Cl)c1ccccc1Oc1ccccc1. The lowest BCUT2D eigenvalue weighted by Gasteiger charge is -2.11. The van der Waals surface area contributed by atoms with Gasteiger partial charge in [-0.1, -0.05) is 54.1 Å². The van der Waals surface area contributed by atoms with Gasteiger partial charge in [0.2, 0.25) is 0 Å². The molecule has 0 aliphatic rings. The Morgan fingerprint density at radius 2 is 1.42 bits per heavy atom. The molecule has 0 atom stereocenters. The van der Waals surface area contributed by atoms with Crippen molar-refractivity contribution >= 4 is 17.6 Å². The molecule has 0 spiro atoms. The molecule has 0 radical (unpaired) electrons. The van der Waals surface area contributed by atoms with Crippen molar-refractivity contribution in [3.63, 3.8) is 0 Å². The second-order valence-corrected chi connectivity index (χ2v) is 5.73. The van der Waals surface area contributed by atoms with Crippen molar-refractivity contribution in [1.29, 1.82) is 0 Å². The predicted octanol–water partition coefficient (Wildman–Crippen LogP) is 5.37. The molecule has 0 heterocycles. The molecule has 0 N–H and O–H groups in total. The highest BCUT2D eigenvalue weighted by Gasteiger charge is 2.14. The van der Waals surface area contributed by atoms with Crippen LogP contribution in [0.2, 0.25) is 5.02 Å². The summed E-state index contributed by atoms with van der Waals surface area (Å²) in [5.41, 5.74) is 0.356. The Hall–Kier alpha value is -2.98. The lowest BCUT2D eigenvalue weighted by molar-refractivity contribution is 0.0448. The van der Waals surface area contributed by atoms with Crippen LogP contribution in [-0.4, -0.2) is 19.2 Å². The van der Waals surface area contributed by atoms with Gasteiger partial charge in [0.1, 0.15) is 36.0 Å². The highest BCUT2D eigenvalue weighted by atomic mass is 35.5. The first-order valence-electron chi connectivity index (χ1n) is 8.10. The zero-order valence-corrected chi connectivity index (χ0v) is 14.7. The van der Waals surface area contributed by atoms with E-state index in [2.05, 4.69) is 0 Å². The maximum Gasteiger partial charge on any atom is 0.342 e. The van der Waals surface area contributed by atoms with Crippen LogP contribution in [0.25, 0.3) is 0 Å². The number of rotatable bonds is 7. The van der Waals surface area contributed by atoms with Crippen LogP contribution in [0.3, 0.4) is 0 Å². The zero-order valence-electron chi connectivity index (χ0n) is 13.9. The number of carbonyl (C=O) groups excluding carboxylic acids is 1. The van der Waals surface area contributed by atoms with Crippen molar-refractivity contribution in [1.82, 2.24) is 0 Å². The molecule has 0 saturated carbocycles. The van der Waals surface area contributed by atoms with E-state index in [1.165, 1.54) is 0 Å². The van der Waals surface area contributed by atoms with E-state index in [1.54, 1.807) is 36.4 Å². The van der Waals surface area contributed by atoms with Crippen molar-refractivity contribution in [2.45, 2.75) is 0 Å². The van der Waals surface area contributed by atoms with Crippen LogP contribution in [0.15, 0.2) is 78.9 Å². The summed E-state index contributed by atoms with van der Waals surface area (Å²) in [5.74, 6) is 1.17. The second kappa shape index (κ2) is 8.92. The smallest absolute Gasteiger partial charge is 0.342 e. The number of carbonyl (C=O) groups is 1. The van der Waals surface area contributed by atoms with Crippen LogP contribution >= 0.6 is 11.6 Å². The van der Waals surface area contributed by atoms with E-state index in [9.17, 15) is 4.79 Å². The van der Waals surface area contributed by atoms with Gasteiger partial charge in [-0.25, -0.2) is 4.79 Å². The fourth-order valence-electron chi connectivity index (χ4n) is 2.27. The normalized spacial score (nSPS) is 10.2. The number of hydrogen-bond acceptors (Lipinski definition) is 4. The van der Waals surface area contributed by atoms with Crippen LogP contribution in [0.4, 0.5) is 0 Å². The quantitative estimate of drug-likeness (QED) is 0.415. The average Bonchev–Trinajstić information content (AvgIpc) is 2.67. The Kier molecular flexibility index (Phi) is 6.12. The minimum Gasteiger partial charge on any atom is -0.488 e. The number of hydrogen-bond donors (Lipinski definition) is 0. The van der Waals surface area contributed by atoms with Crippen LogP contribution in [0, 0.1) is 0 Å². The molecule has 0 fully saturated rings. The lowest BCUT2D eigenvalue weighted by atomic mass is 10.2. The van der Waals surface area contributed by atoms with Crippen LogP contribution in [0.5, 0.6) is 17.2 Å². The lowest BCUT2D eigenvalue weighted by Crippen LogP contribution is -2.13. The minimum atomic E-state index is -0.473. The van der Waals surface area contributed by atoms with Gasteiger partial charge in [-0.2, -0.15) is 0 Å². The van der Waals surface area contributed by atoms with Gasteiger partial charge >= 0.3 is 5.97 Å². The Bertz CT molecular complexity index is 865. The van der Waals surface area contributed by atoms with Gasteiger partial charge in [0.15, 0.2) is 0 Å². The topological polar surface area (TPSA) is 44.8 Å². The van der Waals surface area contributed by atoms with E-state index in [0.717, 1.165) is 0 Å². The van der Waals surface area contributed by atoms with Gasteiger partial charge in [-0.3, -0.25) is 0 Å². The molecule has 132 valence electrons. The number of halogens is 1. The third kappa shape index (κ3) is 4.77. The second-order valence-electron chi connectivity index (χ2n) is 5.33. The maximum absolute atomic E-state index is 12.4. The zero-order chi connectivity index (χ0) is 18.2. The summed E-state index contributed by atoms with van der Waals surface area (Å²) in [5, 5.41) is 0.514. The van der Waals surface area contributed by atoms with Crippen molar-refractivity contribution in [3.05, 3.63) is 89.4 Å². The van der Waals surface area contributed by atoms with Crippen LogP contribution in [-0.2, 0) is 4.74 Å². The van der Waals surface area contributed by atoms with E-state index in [0.29, 0.717) is 27.8 Å². The van der Waals surface area contributed by atoms with E-state index < -0.39 is 5.97 Å². The van der Waals surface area contributed by atoms with Crippen molar-refractivity contribution < 1.29 is 19.0 Å². The molecule has 3 aromatic rings. The average molecular weight is 369 g/mol. The number of benzene rings is 3. The molecule has 0 unspecified atom stereocenters. The Morgan fingerprint density at radius 1 is 0.769 bits per heavy atom. The summed E-state index contributed by atoms with van der Waals surface area (Å²) in [7, 11) is 0. The van der Waals surface area contributed by atoms with E-state index in [1.807, 2.05) is 42.5 Å². The molecule has 5 heteroatoms. The fraction of sp³-hybridized carbons (Fsp3) is 0.0952. The Morgan fingerprint density at radius 3 is 2.19 bits per heavy atom. The van der Waals surface area contributed by atoms with Gasteiger partial charge in [0, 0.05) is 0 Å². The van der Waals surface area contributed by atoms with Gasteiger partial charge < -0.3 is 14.2 Å². The molecule has 4 nitrogen and oxygen atoms in total. The summed E-state index contributed by atoms with van der Waals surface area (Å²) < 4.78 is 16.6. The third-order valence-electron chi connectivity index (χ3n) is 3.49. The minimum absolute atomic E-state index is 0.101. The van der Waals surface area contributed by atoms with Crippen molar-refractivity contribution in [3.8, 4) is 17.2 Å². The summed E-state index contributed by atoms with van der Waals surface area (Å²) in [6, 6.07) is 23.3. The van der Waals surface area contributed by atoms with Gasteiger partial charge in [0.05, 0.1) is 5.02 Å². The fourth-order valence-corrected chi connectivity index (χ4v) is 2.46. The van der Waals surface area contributed by atoms with Gasteiger partial charge in [-0.05, 0) is 36.4 Å². The third-order valence-corrected chi connectivity index (χ3v) is 3.80. The Balaban J connectivity index is 1.57. The van der Waals surface area contributed by atoms with Gasteiger partial charge in [-0.15, -0.1) is 0 Å². The molecule has 3 rings (SSSR count). The number of para-hydroxylation sites is 3. The van der Waals surface area contributed by atoms with Crippen LogP contribution in [0.1, 0.15) is 10.4 Å². The van der Waals surface area contributed by atoms with E-state index in [4.69, 9.17) is 25.8 Å². The first-order valence-corrected chi connectivity index (χ1v) is 8.48. The molecule has 0 bridgehead atoms. The summed E-state index contributed by atoms with van der Waals surface area (Å²) in [6.45, 7) is 0.306. The molecular formula is C21H17ClO4. The van der Waals surface area contributed by atoms with E-state index >= 15 is 0 Å². The van der Waals surface area contributed by atoms with Crippen molar-refractivity contribution in [2.24, 2.45) is 0 Å². The molecule has 26 heavy (non-hydrogen) atoms. The van der Waals surface area contributed by atoms with Gasteiger partial charge in [0.25, 0.3) is 0 Å². The molecular weight excluding hydrogens is 352 g/mol. The molecule has 0 saturated heterocycles. The molecule has 0 aliphatic heterocycles. The van der Waals surface area contributed by atoms with E-state index in [-0.39, 0.29) is 13.2 Å².